The van der Waals surface area contributed by atoms with E-state index in [1.165, 1.54) is 30.4 Å². The highest BCUT2D eigenvalue weighted by Gasteiger charge is 2.72. The number of hydrogen-bond acceptors (Lipinski definition) is 16. The van der Waals surface area contributed by atoms with Crippen LogP contribution in [0.15, 0.2) is 158 Å². The molecule has 3 fully saturated rings. The Morgan fingerprint density at radius 3 is 1.92 bits per heavy atom. The van der Waals surface area contributed by atoms with Crippen LogP contribution in [0.1, 0.15) is 78.2 Å². The minimum atomic E-state index is -1.99. The number of ketones is 2. The first-order valence-corrected chi connectivity index (χ1v) is 25.2. The zero-order valence-electron chi connectivity index (χ0n) is 40.6. The fourth-order valence-corrected chi connectivity index (χ4v) is 14.1. The summed E-state index contributed by atoms with van der Waals surface area (Å²) in [5, 5.41) is 24.1. The molecule has 4 bridgehead atoms. The third-order valence-electron chi connectivity index (χ3n) is 17.5. The van der Waals surface area contributed by atoms with E-state index in [0.29, 0.717) is 35.1 Å². The van der Waals surface area contributed by atoms with Gasteiger partial charge in [-0.15, -0.1) is 0 Å². The Bertz CT molecular complexity index is 3280. The van der Waals surface area contributed by atoms with Crippen molar-refractivity contribution < 1.29 is 48.3 Å². The fraction of sp³-hybridized carbons (Fsp3) is 0.345. The minimum absolute atomic E-state index is 0.0429. The summed E-state index contributed by atoms with van der Waals surface area (Å²) in [5.41, 5.74) is 0.355. The molecule has 74 heavy (non-hydrogen) atoms. The average Bonchev–Trinajstić information content (AvgIpc) is 3.99. The van der Waals surface area contributed by atoms with Crippen LogP contribution < -0.4 is 9.47 Å². The second kappa shape index (κ2) is 17.0. The van der Waals surface area contributed by atoms with Crippen LogP contribution in [0.3, 0.4) is 0 Å². The van der Waals surface area contributed by atoms with Gasteiger partial charge in [0.05, 0.1) is 11.1 Å². The highest BCUT2D eigenvalue weighted by molar-refractivity contribution is 6.06. The molecule has 2 spiro atoms. The maximum atomic E-state index is 13.8. The molecule has 8 heterocycles. The summed E-state index contributed by atoms with van der Waals surface area (Å²) in [5.74, 6) is -0.658. The molecule has 4 aliphatic heterocycles. The molecule has 1 unspecified atom stereocenters. The monoisotopic (exact) mass is 992 g/mol. The van der Waals surface area contributed by atoms with E-state index in [9.17, 15) is 29.4 Å². The number of nitrogens with zero attached hydrogens (tertiary/aromatic N) is 6. The molecular weight excluding hydrogens is 941 g/mol. The first-order valence-electron chi connectivity index (χ1n) is 25.2. The lowest BCUT2D eigenvalue weighted by Gasteiger charge is -2.59. The van der Waals surface area contributed by atoms with Crippen LogP contribution in [0.25, 0.3) is 0 Å². The lowest BCUT2D eigenvalue weighted by atomic mass is 9.48. The van der Waals surface area contributed by atoms with Gasteiger partial charge in [0.15, 0.2) is 28.8 Å². The maximum Gasteiger partial charge on any atom is 0.345 e. The molecular formula is C58H52N6O10. The Morgan fingerprint density at radius 2 is 1.27 bits per heavy atom. The summed E-state index contributed by atoms with van der Waals surface area (Å²) >= 11 is 0. The number of aliphatic hydroxyl groups is 2. The molecule has 2 N–H and O–H groups in total. The number of hydrogen-bond donors (Lipinski definition) is 2. The van der Waals surface area contributed by atoms with Crippen LogP contribution in [-0.4, -0.2) is 132 Å². The zero-order chi connectivity index (χ0) is 50.7. The quantitative estimate of drug-likeness (QED) is 0.0837. The van der Waals surface area contributed by atoms with Gasteiger partial charge in [-0.3, -0.25) is 29.5 Å². The third kappa shape index (κ3) is 6.60. The standard InChI is InChI=1S/C29H27N3O5.C29H25N3O5/c1-32-13-10-27-20-7-9-29(36,24(34)19-5-3-12-31-16-19)26(27)37-25-22(27)17(14-21(20)32)6-8-28(25,35)23(33)18-4-2-11-30-15-18;1-32-13-10-29-20-7-9-23(36-28(34)19-5-3-12-31-16-19)26(29)37-25-22(8-6-17(24(25)29)14-21(20)32)35-27(33)18-4-2-11-30-15-18/h2-7,9,11-12,15-16,20-21,26,35-36H,8,10,13-14H2,1H3;2-9,11-12,15-16,20-21,23,26H,10,13-14H2,1H3/t20-,21+,26+,27-,28?,29+;20-,21+,23-,26-,29-/m00/s1. The van der Waals surface area contributed by atoms with Crippen molar-refractivity contribution in [1.82, 2.24) is 29.7 Å². The van der Waals surface area contributed by atoms with Gasteiger partial charge in [0.1, 0.15) is 18.0 Å². The van der Waals surface area contributed by atoms with Gasteiger partial charge in [0.25, 0.3) is 0 Å². The van der Waals surface area contributed by atoms with Crippen molar-refractivity contribution in [3.05, 3.63) is 191 Å². The van der Waals surface area contributed by atoms with Crippen molar-refractivity contribution in [3.63, 3.8) is 0 Å². The Hall–Kier alpha value is -7.50. The smallest absolute Gasteiger partial charge is 0.345 e. The van der Waals surface area contributed by atoms with Crippen molar-refractivity contribution in [1.29, 1.82) is 0 Å². The number of esters is 2. The van der Waals surface area contributed by atoms with Gasteiger partial charge in [-0.25, -0.2) is 9.59 Å². The number of Topliss-reactive ketones (excluding diaryl/α,β-unsaturated/α-hetero) is 2. The first-order chi connectivity index (χ1) is 35.9. The molecule has 11 atom stereocenters. The van der Waals surface area contributed by atoms with E-state index >= 15 is 0 Å². The molecule has 5 aliphatic carbocycles. The van der Waals surface area contributed by atoms with Gasteiger partial charge >= 0.3 is 11.9 Å². The Kier molecular flexibility index (Phi) is 10.7. The SMILES string of the molecule is CN1CC[C@]23C4=C5O[C@H]2[C@](O)(C(=O)c2cccnc2)C=C[C@H]3[C@H]1CC4=CCC5(O)C(=O)c1cccnc1.CN1CC[C@]23c4c5ccc(OC(=O)c6cccnc6)c4O[C@H]2[C@@H](OC(=O)c2cccnc2)C=C[C@H]3[C@H]1C5. The Morgan fingerprint density at radius 1 is 0.676 bits per heavy atom. The van der Waals surface area contributed by atoms with Crippen LogP contribution in [-0.2, 0) is 21.3 Å². The number of likely N-dealkylation sites (N-methyl/N-ethyl adjacent to an activating group) is 1. The van der Waals surface area contributed by atoms with Crippen LogP contribution >= 0.6 is 0 Å². The molecule has 9 aliphatic rings. The molecule has 1 aromatic carbocycles. The van der Waals surface area contributed by atoms with Crippen LogP contribution in [0.2, 0.25) is 0 Å². The topological polar surface area (TPSA) is 204 Å². The van der Waals surface area contributed by atoms with Gasteiger partial charge in [-0.1, -0.05) is 24.3 Å². The summed E-state index contributed by atoms with van der Waals surface area (Å²) in [6.07, 6.45) is 23.0. The molecule has 16 nitrogen and oxygen atoms in total. The lowest BCUT2D eigenvalue weighted by molar-refractivity contribution is -0.126. The predicted octanol–water partition coefficient (Wildman–Crippen LogP) is 5.63. The van der Waals surface area contributed by atoms with Crippen molar-refractivity contribution >= 4 is 23.5 Å². The molecule has 16 heteroatoms. The molecule has 14 rings (SSSR count). The molecule has 4 aromatic heterocycles. The number of rotatable bonds is 8. The lowest BCUT2D eigenvalue weighted by Crippen LogP contribution is -2.67. The number of ether oxygens (including phenoxy) is 4. The van der Waals surface area contributed by atoms with Crippen molar-refractivity contribution in [3.8, 4) is 11.5 Å². The van der Waals surface area contributed by atoms with Crippen molar-refractivity contribution in [2.24, 2.45) is 17.3 Å². The Labute approximate surface area is 426 Å². The summed E-state index contributed by atoms with van der Waals surface area (Å²) in [4.78, 5) is 74.3. The summed E-state index contributed by atoms with van der Waals surface area (Å²) < 4.78 is 25.1. The van der Waals surface area contributed by atoms with E-state index in [-0.39, 0.29) is 46.6 Å². The average molecular weight is 993 g/mol. The van der Waals surface area contributed by atoms with Crippen molar-refractivity contribution in [2.45, 2.75) is 79.1 Å². The van der Waals surface area contributed by atoms with Crippen LogP contribution in [0.4, 0.5) is 0 Å². The number of likely N-dealkylation sites (tertiary alicyclic amines) is 2. The van der Waals surface area contributed by atoms with E-state index in [4.69, 9.17) is 18.9 Å². The van der Waals surface area contributed by atoms with Crippen LogP contribution in [0, 0.1) is 17.3 Å². The normalized spacial score (nSPS) is 33.1. The number of benzene rings is 1. The van der Waals surface area contributed by atoms with Gasteiger partial charge in [0.2, 0.25) is 11.6 Å². The minimum Gasteiger partial charge on any atom is -0.486 e. The van der Waals surface area contributed by atoms with E-state index in [1.54, 1.807) is 79.4 Å². The van der Waals surface area contributed by atoms with E-state index in [0.717, 1.165) is 49.1 Å². The molecule has 374 valence electrons. The highest BCUT2D eigenvalue weighted by atomic mass is 16.6. The van der Waals surface area contributed by atoms with Gasteiger partial charge in [-0.2, -0.15) is 0 Å². The largest absolute Gasteiger partial charge is 0.486 e. The van der Waals surface area contributed by atoms with E-state index in [2.05, 4.69) is 56.0 Å². The third-order valence-corrected chi connectivity index (χ3v) is 17.5. The Balaban J connectivity index is 0.000000143. The van der Waals surface area contributed by atoms with Gasteiger partial charge < -0.3 is 39.0 Å². The molecule has 5 aromatic rings. The van der Waals surface area contributed by atoms with Crippen LogP contribution in [0.5, 0.6) is 11.5 Å². The second-order valence-electron chi connectivity index (χ2n) is 21.1. The molecule has 2 saturated heterocycles. The molecule has 0 amide bonds. The summed E-state index contributed by atoms with van der Waals surface area (Å²) in [6, 6.07) is 17.7. The predicted molar refractivity (Wildman–Crippen MR) is 265 cm³/mol. The number of piperidine rings is 2. The number of pyridine rings is 4. The number of carbonyl (C=O) groups is 4. The van der Waals surface area contributed by atoms with Gasteiger partial charge in [-0.05, 0) is 131 Å². The highest BCUT2D eigenvalue weighted by Crippen LogP contribution is 2.68. The van der Waals surface area contributed by atoms with Gasteiger partial charge in [0, 0.05) is 113 Å². The summed E-state index contributed by atoms with van der Waals surface area (Å²) in [6.45, 7) is 1.64. The maximum absolute atomic E-state index is 13.8. The first kappa shape index (κ1) is 46.3. The second-order valence-corrected chi connectivity index (χ2v) is 21.1. The molecule has 1 saturated carbocycles. The van der Waals surface area contributed by atoms with E-state index in [1.807, 2.05) is 24.3 Å². The zero-order valence-corrected chi connectivity index (χ0v) is 40.6. The number of aromatic nitrogens is 4. The molecule has 0 radical (unpaired) electrons. The van der Waals surface area contributed by atoms with E-state index < -0.39 is 58.4 Å². The fourth-order valence-electron chi connectivity index (χ4n) is 14.1. The van der Waals surface area contributed by atoms with Crippen molar-refractivity contribution in [2.75, 3.05) is 27.2 Å². The summed E-state index contributed by atoms with van der Waals surface area (Å²) in [7, 11) is 4.26. The number of carbonyl (C=O) groups excluding carboxylic acids is 4.